The van der Waals surface area contributed by atoms with Gasteiger partial charge in [0, 0.05) is 16.5 Å². The molecule has 0 bridgehead atoms. The highest BCUT2D eigenvalue weighted by Gasteiger charge is 2.21. The highest BCUT2D eigenvalue weighted by atomic mass is 16.5. The van der Waals surface area contributed by atoms with Gasteiger partial charge in [0.05, 0.1) is 16.8 Å². The summed E-state index contributed by atoms with van der Waals surface area (Å²) in [5.41, 5.74) is 3.65. The van der Waals surface area contributed by atoms with Crippen LogP contribution in [-0.2, 0) is 4.74 Å². The lowest BCUT2D eigenvalue weighted by Crippen LogP contribution is -2.14. The Morgan fingerprint density at radius 1 is 0.862 bits per heavy atom. The molecule has 0 spiro atoms. The molecule has 0 atom stereocenters. The number of benzene rings is 3. The monoisotopic (exact) mass is 383 g/mol. The fraction of sp³-hybridized carbons (Fsp3) is 0.0417. The van der Waals surface area contributed by atoms with Gasteiger partial charge in [-0.1, -0.05) is 60.7 Å². The Morgan fingerprint density at radius 2 is 1.55 bits per heavy atom. The summed E-state index contributed by atoms with van der Waals surface area (Å²) in [5.74, 6) is -0.906. The molecule has 0 aliphatic carbocycles. The number of ketones is 1. The minimum atomic E-state index is -0.614. The second-order valence-electron chi connectivity index (χ2n) is 6.53. The molecule has 0 unspecified atom stereocenters. The van der Waals surface area contributed by atoms with Gasteiger partial charge in [-0.05, 0) is 23.8 Å². The summed E-state index contributed by atoms with van der Waals surface area (Å²) in [6.07, 6.45) is 0.695. The van der Waals surface area contributed by atoms with Gasteiger partial charge in [-0.3, -0.25) is 9.59 Å². The zero-order valence-corrected chi connectivity index (χ0v) is 15.4. The molecule has 4 aromatic rings. The van der Waals surface area contributed by atoms with Crippen molar-refractivity contribution < 1.29 is 19.1 Å². The Balaban J connectivity index is 1.61. The number of ether oxygens (including phenoxy) is 1. The molecule has 0 aliphatic heterocycles. The lowest BCUT2D eigenvalue weighted by Gasteiger charge is -2.07. The van der Waals surface area contributed by atoms with E-state index in [0.29, 0.717) is 23.1 Å². The number of aromatic nitrogens is 1. The van der Waals surface area contributed by atoms with E-state index in [9.17, 15) is 14.4 Å². The molecule has 5 heteroatoms. The average molecular weight is 383 g/mol. The number of fused-ring (bicyclic) bond motifs is 1. The van der Waals surface area contributed by atoms with Crippen molar-refractivity contribution in [3.63, 3.8) is 0 Å². The predicted octanol–water partition coefficient (Wildman–Crippen LogP) is 4.69. The standard InChI is InChI=1S/C24H17NO4/c26-14-16-10-12-18(13-11-16)24(28)29-15-21(27)22-19-8-4-5-9-20(19)25-23(22)17-6-2-1-3-7-17/h1-14,25H,15H2. The highest BCUT2D eigenvalue weighted by molar-refractivity contribution is 6.14. The third-order valence-corrected chi connectivity index (χ3v) is 4.66. The fourth-order valence-electron chi connectivity index (χ4n) is 3.24. The van der Waals surface area contributed by atoms with Gasteiger partial charge in [0.15, 0.2) is 6.61 Å². The number of para-hydroxylation sites is 1. The number of rotatable bonds is 6. The number of nitrogens with one attached hydrogen (secondary N) is 1. The van der Waals surface area contributed by atoms with Crippen molar-refractivity contribution >= 4 is 28.9 Å². The molecule has 0 saturated carbocycles. The van der Waals surface area contributed by atoms with Crippen molar-refractivity contribution in [2.24, 2.45) is 0 Å². The normalized spacial score (nSPS) is 10.6. The molecule has 1 heterocycles. The summed E-state index contributed by atoms with van der Waals surface area (Å²) in [7, 11) is 0. The van der Waals surface area contributed by atoms with Crippen LogP contribution in [0, 0.1) is 0 Å². The van der Waals surface area contributed by atoms with Crippen LogP contribution in [0.5, 0.6) is 0 Å². The largest absolute Gasteiger partial charge is 0.454 e. The van der Waals surface area contributed by atoms with Gasteiger partial charge in [0.25, 0.3) is 0 Å². The lowest BCUT2D eigenvalue weighted by molar-refractivity contribution is 0.0475. The van der Waals surface area contributed by atoms with Gasteiger partial charge >= 0.3 is 5.97 Å². The van der Waals surface area contributed by atoms with Crippen LogP contribution in [0.15, 0.2) is 78.9 Å². The highest BCUT2D eigenvalue weighted by Crippen LogP contribution is 2.30. The summed E-state index contributed by atoms with van der Waals surface area (Å²) >= 11 is 0. The van der Waals surface area contributed by atoms with Crippen LogP contribution in [0.2, 0.25) is 0 Å². The van der Waals surface area contributed by atoms with Crippen LogP contribution in [0.1, 0.15) is 31.1 Å². The molecule has 142 valence electrons. The summed E-state index contributed by atoms with van der Waals surface area (Å²) in [5, 5.41) is 0.780. The van der Waals surface area contributed by atoms with E-state index in [1.54, 1.807) is 0 Å². The molecular formula is C24H17NO4. The number of H-pyrrole nitrogens is 1. The molecule has 3 aromatic carbocycles. The van der Waals surface area contributed by atoms with Crippen molar-refractivity contribution in [1.82, 2.24) is 4.98 Å². The molecular weight excluding hydrogens is 366 g/mol. The molecule has 0 fully saturated rings. The maximum atomic E-state index is 13.0. The van der Waals surface area contributed by atoms with Gasteiger partial charge in [0.1, 0.15) is 6.29 Å². The number of hydrogen-bond donors (Lipinski definition) is 1. The number of carbonyl (C=O) groups is 3. The molecule has 1 aromatic heterocycles. The van der Waals surface area contributed by atoms with Gasteiger partial charge in [0.2, 0.25) is 5.78 Å². The molecule has 29 heavy (non-hydrogen) atoms. The smallest absolute Gasteiger partial charge is 0.338 e. The maximum absolute atomic E-state index is 13.0. The van der Waals surface area contributed by atoms with E-state index in [4.69, 9.17) is 4.74 Å². The van der Waals surface area contributed by atoms with Crippen molar-refractivity contribution in [2.75, 3.05) is 6.61 Å². The SMILES string of the molecule is O=Cc1ccc(C(=O)OCC(=O)c2c(-c3ccccc3)[nH]c3ccccc23)cc1. The second-order valence-corrected chi connectivity index (χ2v) is 6.53. The minimum Gasteiger partial charge on any atom is -0.454 e. The maximum Gasteiger partial charge on any atom is 0.338 e. The quantitative estimate of drug-likeness (QED) is 0.298. The number of aldehydes is 1. The van der Waals surface area contributed by atoms with Crippen molar-refractivity contribution in [3.05, 3.63) is 95.6 Å². The van der Waals surface area contributed by atoms with Crippen molar-refractivity contribution in [1.29, 1.82) is 0 Å². The van der Waals surface area contributed by atoms with Gasteiger partial charge in [-0.25, -0.2) is 4.79 Å². The minimum absolute atomic E-state index is 0.283. The molecule has 4 rings (SSSR count). The van der Waals surface area contributed by atoms with Crippen molar-refractivity contribution in [2.45, 2.75) is 0 Å². The van der Waals surface area contributed by atoms with Crippen LogP contribution >= 0.6 is 0 Å². The van der Waals surface area contributed by atoms with E-state index in [0.717, 1.165) is 16.5 Å². The number of Topliss-reactive ketones (excluding diaryl/α,β-unsaturated/α-hetero) is 1. The van der Waals surface area contributed by atoms with Crippen molar-refractivity contribution in [3.8, 4) is 11.3 Å². The Labute approximate surface area is 166 Å². The zero-order chi connectivity index (χ0) is 20.2. The molecule has 0 amide bonds. The Kier molecular flexibility index (Phi) is 5.03. The summed E-state index contributed by atoms with van der Waals surface area (Å²) in [6.45, 7) is -0.379. The van der Waals surface area contributed by atoms with Gasteiger partial charge in [-0.15, -0.1) is 0 Å². The second kappa shape index (κ2) is 7.94. The Hall–Kier alpha value is -3.99. The number of aromatic amines is 1. The van der Waals surface area contributed by atoms with E-state index in [-0.39, 0.29) is 18.0 Å². The summed E-state index contributed by atoms with van der Waals surface area (Å²) < 4.78 is 5.24. The molecule has 0 saturated heterocycles. The van der Waals surface area contributed by atoms with E-state index in [1.807, 2.05) is 54.6 Å². The van der Waals surface area contributed by atoms with Crippen LogP contribution in [-0.4, -0.2) is 29.6 Å². The topological polar surface area (TPSA) is 76.2 Å². The Morgan fingerprint density at radius 3 is 2.28 bits per heavy atom. The number of carbonyl (C=O) groups excluding carboxylic acids is 3. The Bertz CT molecular complexity index is 1190. The van der Waals surface area contributed by atoms with Gasteiger partial charge < -0.3 is 9.72 Å². The van der Waals surface area contributed by atoms with Crippen LogP contribution < -0.4 is 0 Å². The van der Waals surface area contributed by atoms with E-state index in [1.165, 1.54) is 24.3 Å². The predicted molar refractivity (Wildman–Crippen MR) is 110 cm³/mol. The van der Waals surface area contributed by atoms with E-state index >= 15 is 0 Å². The van der Waals surface area contributed by atoms with Crippen LogP contribution in [0.4, 0.5) is 0 Å². The average Bonchev–Trinajstić information content (AvgIpc) is 3.17. The molecule has 1 N–H and O–H groups in total. The third kappa shape index (κ3) is 3.71. The molecule has 0 aliphatic rings. The first-order chi connectivity index (χ1) is 14.2. The lowest BCUT2D eigenvalue weighted by atomic mass is 10.0. The zero-order valence-electron chi connectivity index (χ0n) is 15.4. The fourth-order valence-corrected chi connectivity index (χ4v) is 3.24. The van der Waals surface area contributed by atoms with Crippen LogP contribution in [0.25, 0.3) is 22.2 Å². The van der Waals surface area contributed by atoms with E-state index < -0.39 is 5.97 Å². The first-order valence-corrected chi connectivity index (χ1v) is 9.09. The third-order valence-electron chi connectivity index (χ3n) is 4.66. The first kappa shape index (κ1) is 18.4. The first-order valence-electron chi connectivity index (χ1n) is 9.09. The number of hydrogen-bond acceptors (Lipinski definition) is 4. The van der Waals surface area contributed by atoms with Crippen LogP contribution in [0.3, 0.4) is 0 Å². The van der Waals surface area contributed by atoms with E-state index in [2.05, 4.69) is 4.98 Å². The molecule has 5 nitrogen and oxygen atoms in total. The summed E-state index contributed by atoms with van der Waals surface area (Å²) in [6, 6.07) is 23.1. The van der Waals surface area contributed by atoms with Gasteiger partial charge in [-0.2, -0.15) is 0 Å². The summed E-state index contributed by atoms with van der Waals surface area (Å²) in [4.78, 5) is 39.3. The molecule has 0 radical (unpaired) electrons. The number of esters is 1.